The van der Waals surface area contributed by atoms with Crippen LogP contribution in [0.3, 0.4) is 0 Å². The van der Waals surface area contributed by atoms with Crippen molar-refractivity contribution in [3.05, 3.63) is 34.3 Å². The molecule has 1 rings (SSSR count). The molecule has 0 aliphatic rings. The Balaban J connectivity index is 2.66. The summed E-state index contributed by atoms with van der Waals surface area (Å²) in [4.78, 5) is 25.6. The number of esters is 1. The van der Waals surface area contributed by atoms with E-state index in [4.69, 9.17) is 4.74 Å². The van der Waals surface area contributed by atoms with Crippen molar-refractivity contribution >= 4 is 27.8 Å². The highest BCUT2D eigenvalue weighted by Crippen LogP contribution is 2.13. The Morgan fingerprint density at radius 3 is 2.39 bits per heavy atom. The molecule has 0 atom stereocenters. The van der Waals surface area contributed by atoms with Gasteiger partial charge in [-0.25, -0.2) is 0 Å². The lowest BCUT2D eigenvalue weighted by atomic mass is 10.2. The predicted octanol–water partition coefficient (Wildman–Crippen LogP) is 3.27. The molecule has 0 heterocycles. The first-order chi connectivity index (χ1) is 10.9. The maximum atomic E-state index is 12.6. The number of amides is 1. The molecule has 1 aromatic rings. The monoisotopic (exact) mass is 385 g/mol. The summed E-state index contributed by atoms with van der Waals surface area (Å²) in [6.45, 7) is 5.41. The van der Waals surface area contributed by atoms with E-state index in [1.807, 2.05) is 26.0 Å². The fourth-order valence-electron chi connectivity index (χ4n) is 1.99. The Morgan fingerprint density at radius 1 is 1.17 bits per heavy atom. The summed E-state index contributed by atoms with van der Waals surface area (Å²) in [6, 6.07) is 7.19. The Kier molecular flexibility index (Phi) is 8.87. The topological polar surface area (TPSA) is 55.8 Å². The second kappa shape index (κ2) is 10.4. The molecule has 6 heteroatoms. The molecule has 0 N–H and O–H groups in total. The smallest absolute Gasteiger partial charge is 0.307 e. The Labute approximate surface area is 146 Å². The van der Waals surface area contributed by atoms with E-state index < -0.39 is 0 Å². The molecule has 0 bridgehead atoms. The van der Waals surface area contributed by atoms with Crippen LogP contribution in [0.25, 0.3) is 0 Å². The predicted molar refractivity (Wildman–Crippen MR) is 92.4 cm³/mol. The summed E-state index contributed by atoms with van der Waals surface area (Å²) in [5, 5.41) is 0. The summed E-state index contributed by atoms with van der Waals surface area (Å²) >= 11 is 3.35. The summed E-state index contributed by atoms with van der Waals surface area (Å²) in [7, 11) is 1.35. The zero-order valence-electron chi connectivity index (χ0n) is 13.9. The molecule has 0 saturated carbocycles. The first-order valence-electron chi connectivity index (χ1n) is 7.67. The van der Waals surface area contributed by atoms with Crippen LogP contribution in [0.5, 0.6) is 0 Å². The highest BCUT2D eigenvalue weighted by Gasteiger charge is 2.17. The average molecular weight is 386 g/mol. The number of methoxy groups -OCH3 is 1. The third-order valence-electron chi connectivity index (χ3n) is 3.22. The molecule has 0 aromatic heterocycles. The number of ether oxygens (including phenoxy) is 2. The van der Waals surface area contributed by atoms with Crippen LogP contribution >= 0.6 is 15.9 Å². The summed E-state index contributed by atoms with van der Waals surface area (Å²) in [6.07, 6.45) is 1.08. The maximum absolute atomic E-state index is 12.6. The molecular formula is C17H24BrNO4. The normalized spacial score (nSPS) is 10.7. The van der Waals surface area contributed by atoms with Crippen LogP contribution in [0.1, 0.15) is 37.0 Å². The van der Waals surface area contributed by atoms with Crippen molar-refractivity contribution in [3.63, 3.8) is 0 Å². The Morgan fingerprint density at radius 2 is 1.83 bits per heavy atom. The second-order valence-corrected chi connectivity index (χ2v) is 6.31. The molecule has 0 spiro atoms. The van der Waals surface area contributed by atoms with Gasteiger partial charge in [-0.05, 0) is 44.5 Å². The number of rotatable bonds is 9. The second-order valence-electron chi connectivity index (χ2n) is 5.40. The maximum Gasteiger partial charge on any atom is 0.307 e. The van der Waals surface area contributed by atoms with Crippen LogP contribution < -0.4 is 0 Å². The fraction of sp³-hybridized carbons (Fsp3) is 0.529. The van der Waals surface area contributed by atoms with Gasteiger partial charge in [-0.2, -0.15) is 0 Å². The summed E-state index contributed by atoms with van der Waals surface area (Å²) in [5.74, 6) is -0.414. The van der Waals surface area contributed by atoms with Gasteiger partial charge in [0.15, 0.2) is 0 Å². The first-order valence-corrected chi connectivity index (χ1v) is 8.46. The minimum absolute atomic E-state index is 0.0917. The summed E-state index contributed by atoms with van der Waals surface area (Å²) in [5.41, 5.74) is 0.600. The van der Waals surface area contributed by atoms with Crippen molar-refractivity contribution in [3.8, 4) is 0 Å². The van der Waals surface area contributed by atoms with Gasteiger partial charge in [0.05, 0.1) is 19.6 Å². The average Bonchev–Trinajstić information content (AvgIpc) is 2.53. The zero-order chi connectivity index (χ0) is 17.2. The van der Waals surface area contributed by atoms with Crippen molar-refractivity contribution in [1.82, 2.24) is 4.90 Å². The minimum atomic E-state index is -0.322. The van der Waals surface area contributed by atoms with Crippen LogP contribution in [-0.2, 0) is 14.3 Å². The van der Waals surface area contributed by atoms with Crippen LogP contribution in [0.15, 0.2) is 28.7 Å². The van der Waals surface area contributed by atoms with E-state index in [0.717, 1.165) is 10.9 Å². The molecule has 0 fully saturated rings. The first kappa shape index (κ1) is 19.6. The van der Waals surface area contributed by atoms with E-state index in [2.05, 4.69) is 20.7 Å². The van der Waals surface area contributed by atoms with Crippen LogP contribution in [0.4, 0.5) is 0 Å². The molecule has 1 amide bonds. The number of carbonyl (C=O) groups excluding carboxylic acids is 2. The molecule has 0 aliphatic carbocycles. The van der Waals surface area contributed by atoms with Gasteiger partial charge < -0.3 is 14.4 Å². The molecule has 5 nitrogen and oxygen atoms in total. The highest BCUT2D eigenvalue weighted by atomic mass is 79.9. The van der Waals surface area contributed by atoms with Crippen LogP contribution in [0.2, 0.25) is 0 Å². The van der Waals surface area contributed by atoms with Gasteiger partial charge in [-0.3, -0.25) is 9.59 Å². The van der Waals surface area contributed by atoms with Gasteiger partial charge in [0.1, 0.15) is 0 Å². The molecular weight excluding hydrogens is 362 g/mol. The number of hydrogen-bond donors (Lipinski definition) is 0. The van der Waals surface area contributed by atoms with E-state index in [0.29, 0.717) is 25.3 Å². The molecule has 0 radical (unpaired) electrons. The SMILES string of the molecule is COC(=O)CCN(CCCOC(C)C)C(=O)c1ccc(Br)cc1. The molecule has 0 unspecified atom stereocenters. The van der Waals surface area contributed by atoms with Gasteiger partial charge in [0.2, 0.25) is 0 Å². The quantitative estimate of drug-likeness (QED) is 0.483. The highest BCUT2D eigenvalue weighted by molar-refractivity contribution is 9.10. The molecule has 0 aliphatic heterocycles. The number of carbonyl (C=O) groups is 2. The van der Waals surface area contributed by atoms with Crippen LogP contribution in [0, 0.1) is 0 Å². The number of nitrogens with zero attached hydrogens (tertiary/aromatic N) is 1. The number of benzene rings is 1. The molecule has 1 aromatic carbocycles. The van der Waals surface area contributed by atoms with Crippen molar-refractivity contribution in [2.45, 2.75) is 32.8 Å². The van der Waals surface area contributed by atoms with E-state index in [1.54, 1.807) is 17.0 Å². The van der Waals surface area contributed by atoms with E-state index in [1.165, 1.54) is 7.11 Å². The third kappa shape index (κ3) is 7.61. The van der Waals surface area contributed by atoms with E-state index >= 15 is 0 Å². The van der Waals surface area contributed by atoms with Gasteiger partial charge in [0.25, 0.3) is 5.91 Å². The lowest BCUT2D eigenvalue weighted by Gasteiger charge is -2.22. The van der Waals surface area contributed by atoms with Crippen LogP contribution in [-0.4, -0.2) is 49.7 Å². The van der Waals surface area contributed by atoms with Gasteiger partial charge in [0, 0.05) is 29.7 Å². The van der Waals surface area contributed by atoms with Crippen molar-refractivity contribution < 1.29 is 19.1 Å². The molecule has 128 valence electrons. The standard InChI is InChI=1S/C17H24BrNO4/c1-13(2)23-12-4-10-19(11-9-16(20)22-3)17(21)14-5-7-15(18)8-6-14/h5-8,13H,4,9-12H2,1-3H3. The van der Waals surface area contributed by atoms with Crippen molar-refractivity contribution in [1.29, 1.82) is 0 Å². The summed E-state index contributed by atoms with van der Waals surface area (Å²) < 4.78 is 11.1. The largest absolute Gasteiger partial charge is 0.469 e. The van der Waals surface area contributed by atoms with Crippen molar-refractivity contribution in [2.24, 2.45) is 0 Å². The molecule has 0 saturated heterocycles. The lowest BCUT2D eigenvalue weighted by Crippen LogP contribution is -2.34. The Bertz CT molecular complexity index is 502. The fourth-order valence-corrected chi connectivity index (χ4v) is 2.26. The molecule has 23 heavy (non-hydrogen) atoms. The number of hydrogen-bond acceptors (Lipinski definition) is 4. The zero-order valence-corrected chi connectivity index (χ0v) is 15.5. The van der Waals surface area contributed by atoms with Crippen molar-refractivity contribution in [2.75, 3.05) is 26.8 Å². The van der Waals surface area contributed by atoms with E-state index in [-0.39, 0.29) is 24.4 Å². The van der Waals surface area contributed by atoms with Gasteiger partial charge >= 0.3 is 5.97 Å². The Hall–Kier alpha value is -1.40. The minimum Gasteiger partial charge on any atom is -0.469 e. The van der Waals surface area contributed by atoms with Gasteiger partial charge in [-0.1, -0.05) is 15.9 Å². The lowest BCUT2D eigenvalue weighted by molar-refractivity contribution is -0.140. The third-order valence-corrected chi connectivity index (χ3v) is 3.74. The van der Waals surface area contributed by atoms with Gasteiger partial charge in [-0.15, -0.1) is 0 Å². The number of halogens is 1. The van der Waals surface area contributed by atoms with E-state index in [9.17, 15) is 9.59 Å².